The highest BCUT2D eigenvalue weighted by molar-refractivity contribution is 6.02. The molecule has 0 bridgehead atoms. The number of carbonyl (C=O) groups is 2. The quantitative estimate of drug-likeness (QED) is 0.698. The Bertz CT molecular complexity index is 894. The van der Waals surface area contributed by atoms with Crippen LogP contribution in [0.4, 0.5) is 15.8 Å². The third-order valence-corrected chi connectivity index (χ3v) is 3.52. The Balaban J connectivity index is 2.10. The smallest absolute Gasteiger partial charge is 0.248 e. The highest BCUT2D eigenvalue weighted by Crippen LogP contribution is 2.29. The van der Waals surface area contributed by atoms with Crippen molar-refractivity contribution >= 4 is 29.3 Å². The van der Waals surface area contributed by atoms with Gasteiger partial charge in [-0.1, -0.05) is 6.07 Å². The first-order valence-electron chi connectivity index (χ1n) is 8.69. The number of anilines is 2. The van der Waals surface area contributed by atoms with Gasteiger partial charge >= 0.3 is 0 Å². The Kier molecular flexibility index (Phi) is 7.14. The predicted octanol–water partition coefficient (Wildman–Crippen LogP) is 4.23. The first-order valence-corrected chi connectivity index (χ1v) is 8.69. The van der Waals surface area contributed by atoms with E-state index in [1.807, 2.05) is 13.8 Å². The third kappa shape index (κ3) is 6.12. The van der Waals surface area contributed by atoms with E-state index in [1.165, 1.54) is 38.3 Å². The number of ether oxygens (including phenoxy) is 2. The number of rotatable bonds is 7. The van der Waals surface area contributed by atoms with Gasteiger partial charge in [-0.3, -0.25) is 9.59 Å². The molecule has 0 aromatic heterocycles. The predicted molar refractivity (Wildman–Crippen MR) is 107 cm³/mol. The molecule has 0 heterocycles. The highest BCUT2D eigenvalue weighted by atomic mass is 19.1. The summed E-state index contributed by atoms with van der Waals surface area (Å²) >= 11 is 0. The molecule has 0 unspecified atom stereocenters. The van der Waals surface area contributed by atoms with Gasteiger partial charge in [-0.25, -0.2) is 4.39 Å². The Hall–Kier alpha value is -3.35. The summed E-state index contributed by atoms with van der Waals surface area (Å²) in [5.74, 6) is -0.253. The molecule has 0 aliphatic rings. The van der Waals surface area contributed by atoms with E-state index in [1.54, 1.807) is 24.3 Å². The van der Waals surface area contributed by atoms with Gasteiger partial charge in [-0.2, -0.15) is 0 Å². The highest BCUT2D eigenvalue weighted by Gasteiger charge is 2.09. The summed E-state index contributed by atoms with van der Waals surface area (Å²) in [6.45, 7) is 5.17. The van der Waals surface area contributed by atoms with Crippen LogP contribution < -0.4 is 20.1 Å². The first-order chi connectivity index (χ1) is 13.3. The van der Waals surface area contributed by atoms with E-state index in [0.717, 1.165) is 5.56 Å². The first kappa shape index (κ1) is 21.0. The van der Waals surface area contributed by atoms with E-state index in [0.29, 0.717) is 17.2 Å². The average molecular weight is 386 g/mol. The molecule has 2 aromatic carbocycles. The lowest BCUT2D eigenvalue weighted by Crippen LogP contribution is -2.11. The molecule has 7 heteroatoms. The number of halogens is 1. The van der Waals surface area contributed by atoms with Crippen molar-refractivity contribution in [3.8, 4) is 11.5 Å². The van der Waals surface area contributed by atoms with Crippen LogP contribution in [-0.4, -0.2) is 25.0 Å². The molecule has 0 atom stereocenters. The summed E-state index contributed by atoms with van der Waals surface area (Å²) in [7, 11) is 1.54. The van der Waals surface area contributed by atoms with Gasteiger partial charge in [-0.15, -0.1) is 0 Å². The molecule has 0 aliphatic heterocycles. The lowest BCUT2D eigenvalue weighted by Gasteiger charge is -2.13. The molecule has 6 nitrogen and oxygen atoms in total. The fourth-order valence-electron chi connectivity index (χ4n) is 2.39. The van der Waals surface area contributed by atoms with Crippen molar-refractivity contribution in [3.63, 3.8) is 0 Å². The minimum absolute atomic E-state index is 0.00391. The number of carbonyl (C=O) groups excluding carboxylic acids is 2. The van der Waals surface area contributed by atoms with Crippen LogP contribution in [0.25, 0.3) is 6.08 Å². The van der Waals surface area contributed by atoms with E-state index in [9.17, 15) is 14.0 Å². The van der Waals surface area contributed by atoms with Crippen molar-refractivity contribution in [2.24, 2.45) is 0 Å². The Morgan fingerprint density at radius 3 is 2.46 bits per heavy atom. The second-order valence-electron chi connectivity index (χ2n) is 6.28. The number of nitrogens with one attached hydrogen (secondary N) is 2. The molecule has 28 heavy (non-hydrogen) atoms. The van der Waals surface area contributed by atoms with Gasteiger partial charge in [0.1, 0.15) is 5.82 Å². The standard InChI is InChI=1S/C21H23FN2O4/c1-13(2)28-19-9-5-15(11-20(19)27-4)6-10-21(26)24-18-12-16(23-14(3)25)7-8-17(18)22/h5-13H,1-4H3,(H,23,25)(H,24,26)/b10-6+. The molecule has 2 N–H and O–H groups in total. The molecule has 2 aromatic rings. The maximum absolute atomic E-state index is 13.9. The Morgan fingerprint density at radius 2 is 1.82 bits per heavy atom. The summed E-state index contributed by atoms with van der Waals surface area (Å²) in [5.41, 5.74) is 1.08. The van der Waals surface area contributed by atoms with Crippen LogP contribution in [0.3, 0.4) is 0 Å². The van der Waals surface area contributed by atoms with Crippen molar-refractivity contribution in [2.75, 3.05) is 17.7 Å². The zero-order valence-electron chi connectivity index (χ0n) is 16.2. The molecule has 0 aliphatic carbocycles. The van der Waals surface area contributed by atoms with Crippen LogP contribution >= 0.6 is 0 Å². The maximum atomic E-state index is 13.9. The SMILES string of the molecule is COc1cc(/C=C/C(=O)Nc2cc(NC(C)=O)ccc2F)ccc1OC(C)C. The Labute approximate surface area is 163 Å². The van der Waals surface area contributed by atoms with Crippen LogP contribution in [0.5, 0.6) is 11.5 Å². The lowest BCUT2D eigenvalue weighted by molar-refractivity contribution is -0.114. The zero-order valence-corrected chi connectivity index (χ0v) is 16.2. The summed E-state index contributed by atoms with van der Waals surface area (Å²) in [6, 6.07) is 9.20. The molecule has 0 radical (unpaired) electrons. The van der Waals surface area contributed by atoms with Crippen LogP contribution in [0, 0.1) is 5.82 Å². The van der Waals surface area contributed by atoms with Crippen LogP contribution in [0.1, 0.15) is 26.3 Å². The summed E-state index contributed by atoms with van der Waals surface area (Å²) in [6.07, 6.45) is 2.86. The van der Waals surface area contributed by atoms with Crippen LogP contribution in [0.15, 0.2) is 42.5 Å². The normalized spacial score (nSPS) is 10.8. The number of hydrogen-bond acceptors (Lipinski definition) is 4. The van der Waals surface area contributed by atoms with Gasteiger partial charge in [0.05, 0.1) is 18.9 Å². The summed E-state index contributed by atoms with van der Waals surface area (Å²) < 4.78 is 24.9. The fourth-order valence-corrected chi connectivity index (χ4v) is 2.39. The van der Waals surface area contributed by atoms with Gasteiger partial charge in [0.25, 0.3) is 0 Å². The maximum Gasteiger partial charge on any atom is 0.248 e. The van der Waals surface area contributed by atoms with Crippen molar-refractivity contribution in [2.45, 2.75) is 26.9 Å². The molecule has 2 amide bonds. The molecular weight excluding hydrogens is 363 g/mol. The monoisotopic (exact) mass is 386 g/mol. The van der Waals surface area contributed by atoms with Gasteiger partial charge in [0, 0.05) is 18.7 Å². The van der Waals surface area contributed by atoms with Crippen LogP contribution in [0.2, 0.25) is 0 Å². The van der Waals surface area contributed by atoms with E-state index in [4.69, 9.17) is 9.47 Å². The Morgan fingerprint density at radius 1 is 1.07 bits per heavy atom. The van der Waals surface area contributed by atoms with E-state index in [2.05, 4.69) is 10.6 Å². The van der Waals surface area contributed by atoms with E-state index >= 15 is 0 Å². The van der Waals surface area contributed by atoms with E-state index in [-0.39, 0.29) is 17.7 Å². The summed E-state index contributed by atoms with van der Waals surface area (Å²) in [5, 5.41) is 4.99. The molecule has 2 rings (SSSR count). The largest absolute Gasteiger partial charge is 0.493 e. The van der Waals surface area contributed by atoms with Crippen molar-refractivity contribution in [1.82, 2.24) is 0 Å². The molecule has 0 spiro atoms. The molecule has 148 valence electrons. The molecular formula is C21H23FN2O4. The second-order valence-corrected chi connectivity index (χ2v) is 6.28. The molecule has 0 fully saturated rings. The van der Waals surface area contributed by atoms with Crippen molar-refractivity contribution < 1.29 is 23.5 Å². The number of hydrogen-bond donors (Lipinski definition) is 2. The van der Waals surface area contributed by atoms with Gasteiger partial charge in [-0.05, 0) is 55.8 Å². The van der Waals surface area contributed by atoms with Crippen molar-refractivity contribution in [3.05, 3.63) is 53.9 Å². The molecule has 0 saturated carbocycles. The van der Waals surface area contributed by atoms with Crippen LogP contribution in [-0.2, 0) is 9.59 Å². The fraction of sp³-hybridized carbons (Fsp3) is 0.238. The van der Waals surface area contributed by atoms with Gasteiger partial charge in [0.15, 0.2) is 11.5 Å². The lowest BCUT2D eigenvalue weighted by atomic mass is 10.2. The number of methoxy groups -OCH3 is 1. The molecule has 0 saturated heterocycles. The van der Waals surface area contributed by atoms with E-state index < -0.39 is 11.7 Å². The minimum atomic E-state index is -0.604. The average Bonchev–Trinajstić information content (AvgIpc) is 2.62. The minimum Gasteiger partial charge on any atom is -0.493 e. The second kappa shape index (κ2) is 9.55. The number of benzene rings is 2. The third-order valence-electron chi connectivity index (χ3n) is 3.52. The van der Waals surface area contributed by atoms with Gasteiger partial charge in [0.2, 0.25) is 11.8 Å². The zero-order chi connectivity index (χ0) is 20.7. The van der Waals surface area contributed by atoms with Gasteiger partial charge < -0.3 is 20.1 Å². The summed E-state index contributed by atoms with van der Waals surface area (Å²) in [4.78, 5) is 23.2. The topological polar surface area (TPSA) is 76.7 Å². The number of amides is 2. The van der Waals surface area contributed by atoms with Crippen molar-refractivity contribution in [1.29, 1.82) is 0 Å².